The predicted octanol–water partition coefficient (Wildman–Crippen LogP) is 6.39. The molecule has 0 radical (unpaired) electrons. The van der Waals surface area contributed by atoms with E-state index in [2.05, 4.69) is 52.9 Å². The molecule has 0 aliphatic heterocycles. The van der Waals surface area contributed by atoms with Gasteiger partial charge in [0.25, 0.3) is 0 Å². The standard InChI is InChI=1S/C24H22Cl2N2O/c25-22-5-3-6-23(26)21(22)16-29-19-10-8-17(9-11-19)14-27-13-12-18-15-28-24-7-2-1-4-20(18)24/h1-11,15,27-28H,12-14,16H2. The van der Waals surface area contributed by atoms with Gasteiger partial charge in [0.2, 0.25) is 0 Å². The van der Waals surface area contributed by atoms with E-state index in [1.54, 1.807) is 0 Å². The number of hydrogen-bond donors (Lipinski definition) is 2. The number of hydrogen-bond acceptors (Lipinski definition) is 2. The fourth-order valence-corrected chi connectivity index (χ4v) is 3.83. The summed E-state index contributed by atoms with van der Waals surface area (Å²) in [5.41, 5.74) is 4.55. The zero-order valence-corrected chi connectivity index (χ0v) is 17.4. The fraction of sp³-hybridized carbons (Fsp3) is 0.167. The first-order chi connectivity index (χ1) is 14.2. The molecular weight excluding hydrogens is 403 g/mol. The molecule has 2 N–H and O–H groups in total. The second kappa shape index (κ2) is 9.36. The highest BCUT2D eigenvalue weighted by Crippen LogP contribution is 2.26. The highest BCUT2D eigenvalue weighted by atomic mass is 35.5. The lowest BCUT2D eigenvalue weighted by molar-refractivity contribution is 0.306. The van der Waals surface area contributed by atoms with Gasteiger partial charge in [-0.05, 0) is 54.4 Å². The molecule has 4 aromatic rings. The Bertz CT molecular complexity index is 1070. The van der Waals surface area contributed by atoms with Crippen LogP contribution < -0.4 is 10.1 Å². The Labute approximate surface area is 180 Å². The number of benzene rings is 3. The van der Waals surface area contributed by atoms with Gasteiger partial charge in [0.05, 0.1) is 0 Å². The van der Waals surface area contributed by atoms with Crippen LogP contribution in [0, 0.1) is 0 Å². The van der Waals surface area contributed by atoms with Gasteiger partial charge in [-0.25, -0.2) is 0 Å². The molecule has 0 fully saturated rings. The molecule has 5 heteroatoms. The molecule has 0 saturated carbocycles. The number of H-pyrrole nitrogens is 1. The molecule has 0 saturated heterocycles. The molecule has 1 heterocycles. The number of nitrogens with one attached hydrogen (secondary N) is 2. The zero-order chi connectivity index (χ0) is 20.1. The minimum atomic E-state index is 0.348. The Balaban J connectivity index is 1.25. The number of para-hydroxylation sites is 1. The van der Waals surface area contributed by atoms with Gasteiger partial charge in [0.1, 0.15) is 12.4 Å². The number of rotatable bonds is 8. The first-order valence-electron chi connectivity index (χ1n) is 9.61. The van der Waals surface area contributed by atoms with Crippen molar-refractivity contribution >= 4 is 34.1 Å². The summed E-state index contributed by atoms with van der Waals surface area (Å²) in [6, 6.07) is 22.0. The van der Waals surface area contributed by atoms with Crippen LogP contribution in [0.3, 0.4) is 0 Å². The van der Waals surface area contributed by atoms with Gasteiger partial charge >= 0.3 is 0 Å². The minimum Gasteiger partial charge on any atom is -0.489 e. The first-order valence-corrected chi connectivity index (χ1v) is 10.4. The predicted molar refractivity (Wildman–Crippen MR) is 121 cm³/mol. The van der Waals surface area contributed by atoms with E-state index < -0.39 is 0 Å². The molecule has 0 aliphatic carbocycles. The van der Waals surface area contributed by atoms with E-state index in [9.17, 15) is 0 Å². The zero-order valence-electron chi connectivity index (χ0n) is 15.9. The SMILES string of the molecule is Clc1cccc(Cl)c1COc1ccc(CNCCc2c[nH]c3ccccc23)cc1. The topological polar surface area (TPSA) is 37.0 Å². The van der Waals surface area contributed by atoms with Crippen molar-refractivity contribution in [3.63, 3.8) is 0 Å². The highest BCUT2D eigenvalue weighted by Gasteiger charge is 2.06. The monoisotopic (exact) mass is 424 g/mol. The van der Waals surface area contributed by atoms with Crippen molar-refractivity contribution in [2.45, 2.75) is 19.6 Å². The average molecular weight is 425 g/mol. The summed E-state index contributed by atoms with van der Waals surface area (Å²) in [6.45, 7) is 2.09. The summed E-state index contributed by atoms with van der Waals surface area (Å²) < 4.78 is 5.83. The summed E-state index contributed by atoms with van der Waals surface area (Å²) in [4.78, 5) is 3.33. The number of aromatic amines is 1. The second-order valence-electron chi connectivity index (χ2n) is 6.92. The maximum Gasteiger partial charge on any atom is 0.119 e. The Morgan fingerprint density at radius 2 is 1.62 bits per heavy atom. The van der Waals surface area contributed by atoms with E-state index in [1.165, 1.54) is 22.0 Å². The largest absolute Gasteiger partial charge is 0.489 e. The molecule has 1 aromatic heterocycles. The fourth-order valence-electron chi connectivity index (χ4n) is 3.32. The Morgan fingerprint density at radius 1 is 0.862 bits per heavy atom. The maximum absolute atomic E-state index is 6.19. The molecule has 0 bridgehead atoms. The Morgan fingerprint density at radius 3 is 2.41 bits per heavy atom. The van der Waals surface area contributed by atoms with Gasteiger partial charge in [-0.3, -0.25) is 0 Å². The third-order valence-electron chi connectivity index (χ3n) is 4.94. The maximum atomic E-state index is 6.19. The van der Waals surface area contributed by atoms with Gasteiger partial charge in [-0.2, -0.15) is 0 Å². The van der Waals surface area contributed by atoms with Crippen LogP contribution in [0.2, 0.25) is 10.0 Å². The second-order valence-corrected chi connectivity index (χ2v) is 7.73. The molecule has 3 aromatic carbocycles. The number of aromatic nitrogens is 1. The van der Waals surface area contributed by atoms with Crippen LogP contribution in [0.1, 0.15) is 16.7 Å². The van der Waals surface area contributed by atoms with Gasteiger partial charge in [0, 0.05) is 39.3 Å². The van der Waals surface area contributed by atoms with Crippen LogP contribution in [0.5, 0.6) is 5.75 Å². The van der Waals surface area contributed by atoms with Crippen LogP contribution in [-0.4, -0.2) is 11.5 Å². The van der Waals surface area contributed by atoms with Crippen LogP contribution >= 0.6 is 23.2 Å². The lowest BCUT2D eigenvalue weighted by Gasteiger charge is -2.10. The van der Waals surface area contributed by atoms with E-state index >= 15 is 0 Å². The molecule has 0 atom stereocenters. The summed E-state index contributed by atoms with van der Waals surface area (Å²) in [7, 11) is 0. The van der Waals surface area contributed by atoms with E-state index in [0.29, 0.717) is 16.7 Å². The molecule has 0 unspecified atom stereocenters. The molecule has 3 nitrogen and oxygen atoms in total. The van der Waals surface area contributed by atoms with Gasteiger partial charge < -0.3 is 15.0 Å². The minimum absolute atomic E-state index is 0.348. The summed E-state index contributed by atoms with van der Waals surface area (Å²) in [6.07, 6.45) is 3.09. The van der Waals surface area contributed by atoms with Crippen LogP contribution in [0.25, 0.3) is 10.9 Å². The molecule has 0 amide bonds. The van der Waals surface area contributed by atoms with Crippen LogP contribution in [0.15, 0.2) is 72.9 Å². The third-order valence-corrected chi connectivity index (χ3v) is 5.65. The molecule has 0 aliphatic rings. The van der Waals surface area contributed by atoms with Crippen molar-refractivity contribution in [3.05, 3.63) is 99.7 Å². The Hall–Kier alpha value is -2.46. The van der Waals surface area contributed by atoms with Crippen molar-refractivity contribution in [2.24, 2.45) is 0 Å². The molecule has 4 rings (SSSR count). The van der Waals surface area contributed by atoms with Crippen molar-refractivity contribution in [1.29, 1.82) is 0 Å². The summed E-state index contributed by atoms with van der Waals surface area (Å²) in [5.74, 6) is 0.795. The van der Waals surface area contributed by atoms with Crippen molar-refractivity contribution in [3.8, 4) is 5.75 Å². The van der Waals surface area contributed by atoms with Crippen molar-refractivity contribution in [1.82, 2.24) is 10.3 Å². The first kappa shape index (κ1) is 19.8. The van der Waals surface area contributed by atoms with Gasteiger partial charge in [-0.15, -0.1) is 0 Å². The van der Waals surface area contributed by atoms with Crippen molar-refractivity contribution < 1.29 is 4.74 Å². The number of halogens is 2. The summed E-state index contributed by atoms with van der Waals surface area (Å²) in [5, 5.41) is 6.05. The normalized spacial score (nSPS) is 11.1. The highest BCUT2D eigenvalue weighted by molar-refractivity contribution is 6.35. The smallest absolute Gasteiger partial charge is 0.119 e. The quantitative estimate of drug-likeness (QED) is 0.321. The molecular formula is C24H22Cl2N2O. The van der Waals surface area contributed by atoms with E-state index in [-0.39, 0.29) is 0 Å². The molecule has 148 valence electrons. The van der Waals surface area contributed by atoms with Gasteiger partial charge in [0.15, 0.2) is 0 Å². The average Bonchev–Trinajstić information content (AvgIpc) is 3.15. The lowest BCUT2D eigenvalue weighted by Crippen LogP contribution is -2.16. The lowest BCUT2D eigenvalue weighted by atomic mass is 10.1. The van der Waals surface area contributed by atoms with E-state index in [4.69, 9.17) is 27.9 Å². The van der Waals surface area contributed by atoms with Crippen LogP contribution in [-0.2, 0) is 19.6 Å². The van der Waals surface area contributed by atoms with E-state index in [0.717, 1.165) is 30.8 Å². The molecule has 0 spiro atoms. The van der Waals surface area contributed by atoms with Crippen molar-refractivity contribution in [2.75, 3.05) is 6.54 Å². The Kier molecular flexibility index (Phi) is 6.40. The number of ether oxygens (including phenoxy) is 1. The molecule has 29 heavy (non-hydrogen) atoms. The van der Waals surface area contributed by atoms with E-state index in [1.807, 2.05) is 30.3 Å². The van der Waals surface area contributed by atoms with Crippen LogP contribution in [0.4, 0.5) is 0 Å². The third kappa shape index (κ3) is 4.94. The summed E-state index contributed by atoms with van der Waals surface area (Å²) >= 11 is 12.4. The number of fused-ring (bicyclic) bond motifs is 1. The van der Waals surface area contributed by atoms with Gasteiger partial charge in [-0.1, -0.05) is 59.6 Å².